The number of nitrogens with one attached hydrogen (secondary N) is 1. The molecular weight excluding hydrogens is 256 g/mol. The Morgan fingerprint density at radius 2 is 1.95 bits per heavy atom. The van der Waals surface area contributed by atoms with Gasteiger partial charge in [0.1, 0.15) is 5.69 Å². The Morgan fingerprint density at radius 1 is 1.37 bits per heavy atom. The number of carbonyl (C=O) groups is 1. The maximum atomic E-state index is 10.9. The Kier molecular flexibility index (Phi) is 4.92. The molecule has 0 unspecified atom stereocenters. The first-order valence-corrected chi connectivity index (χ1v) is 5.35. The van der Waals surface area contributed by atoms with Crippen molar-refractivity contribution in [2.45, 2.75) is 6.42 Å². The van der Waals surface area contributed by atoms with Crippen LogP contribution in [0, 0.1) is 10.1 Å². The van der Waals surface area contributed by atoms with Crippen LogP contribution in [-0.4, -0.2) is 36.8 Å². The number of nitro benzene ring substituents is 1. The Bertz CT molecular complexity index is 488. The molecule has 0 aliphatic carbocycles. The van der Waals surface area contributed by atoms with Gasteiger partial charge < -0.3 is 19.9 Å². The third-order valence-electron chi connectivity index (χ3n) is 2.35. The topological polar surface area (TPSA) is 111 Å². The Balaban J connectivity index is 3.05. The van der Waals surface area contributed by atoms with Crippen LogP contribution >= 0.6 is 0 Å². The highest BCUT2D eigenvalue weighted by atomic mass is 16.6. The summed E-state index contributed by atoms with van der Waals surface area (Å²) in [6, 6.07) is 2.63. The standard InChI is InChI=1S/C11H14N2O6/c1-18-9-5-7(12-4-3-11(14)15)8(13(16)17)6-10(9)19-2/h5-6,12H,3-4H2,1-2H3,(H,14,15). The van der Waals surface area contributed by atoms with Gasteiger partial charge in [-0.15, -0.1) is 0 Å². The van der Waals surface area contributed by atoms with Crippen LogP contribution in [0.2, 0.25) is 0 Å². The molecule has 0 radical (unpaired) electrons. The minimum absolute atomic E-state index is 0.0751. The first-order chi connectivity index (χ1) is 8.99. The number of hydrogen-bond donors (Lipinski definition) is 2. The molecule has 19 heavy (non-hydrogen) atoms. The highest BCUT2D eigenvalue weighted by Gasteiger charge is 2.19. The van der Waals surface area contributed by atoms with Gasteiger partial charge in [0.05, 0.1) is 31.6 Å². The van der Waals surface area contributed by atoms with Crippen LogP contribution in [0.4, 0.5) is 11.4 Å². The number of ether oxygens (including phenoxy) is 2. The van der Waals surface area contributed by atoms with Crippen molar-refractivity contribution in [1.82, 2.24) is 0 Å². The van der Waals surface area contributed by atoms with E-state index in [9.17, 15) is 14.9 Å². The number of aliphatic carboxylic acids is 1. The molecule has 0 amide bonds. The summed E-state index contributed by atoms with van der Waals surface area (Å²) in [6.07, 6.45) is -0.147. The molecule has 8 heteroatoms. The minimum atomic E-state index is -0.990. The number of benzene rings is 1. The Labute approximate surface area is 109 Å². The van der Waals surface area contributed by atoms with E-state index < -0.39 is 10.9 Å². The van der Waals surface area contributed by atoms with Gasteiger partial charge in [0.25, 0.3) is 5.69 Å². The number of carboxylic acid groups (broad SMARTS) is 1. The number of carboxylic acids is 1. The van der Waals surface area contributed by atoms with Crippen LogP contribution < -0.4 is 14.8 Å². The number of nitro groups is 1. The summed E-state index contributed by atoms with van der Waals surface area (Å²) < 4.78 is 10.0. The molecule has 0 saturated carbocycles. The molecule has 0 aliphatic heterocycles. The van der Waals surface area contributed by atoms with E-state index in [-0.39, 0.29) is 30.1 Å². The Morgan fingerprint density at radius 3 is 2.42 bits per heavy atom. The van der Waals surface area contributed by atoms with Crippen LogP contribution in [0.1, 0.15) is 6.42 Å². The lowest BCUT2D eigenvalue weighted by atomic mass is 10.2. The zero-order chi connectivity index (χ0) is 14.4. The quantitative estimate of drug-likeness (QED) is 0.570. The SMILES string of the molecule is COc1cc(NCCC(=O)O)c([N+](=O)[O-])cc1OC. The maximum Gasteiger partial charge on any atom is 0.305 e. The van der Waals surface area contributed by atoms with Crippen LogP contribution in [0.5, 0.6) is 11.5 Å². The summed E-state index contributed by atoms with van der Waals surface area (Å²) in [4.78, 5) is 20.8. The van der Waals surface area contributed by atoms with Crippen molar-refractivity contribution in [1.29, 1.82) is 0 Å². The van der Waals surface area contributed by atoms with Crippen molar-refractivity contribution in [3.8, 4) is 11.5 Å². The fourth-order valence-corrected chi connectivity index (χ4v) is 1.47. The van der Waals surface area contributed by atoms with Gasteiger partial charge in [0.2, 0.25) is 0 Å². The molecule has 0 aromatic heterocycles. The monoisotopic (exact) mass is 270 g/mol. The van der Waals surface area contributed by atoms with E-state index >= 15 is 0 Å². The van der Waals surface area contributed by atoms with Gasteiger partial charge in [-0.1, -0.05) is 0 Å². The Hall–Kier alpha value is -2.51. The largest absolute Gasteiger partial charge is 0.493 e. The summed E-state index contributed by atoms with van der Waals surface area (Å²) in [5.74, 6) is -0.431. The second kappa shape index (κ2) is 6.43. The summed E-state index contributed by atoms with van der Waals surface area (Å²) in [5, 5.41) is 22.2. The van der Waals surface area contributed by atoms with Crippen molar-refractivity contribution in [3.63, 3.8) is 0 Å². The second-order valence-corrected chi connectivity index (χ2v) is 3.55. The van der Waals surface area contributed by atoms with Gasteiger partial charge in [-0.25, -0.2) is 0 Å². The van der Waals surface area contributed by atoms with E-state index in [4.69, 9.17) is 14.6 Å². The van der Waals surface area contributed by atoms with Gasteiger partial charge in [-0.3, -0.25) is 14.9 Å². The average Bonchev–Trinajstić information content (AvgIpc) is 2.37. The molecule has 1 rings (SSSR count). The zero-order valence-electron chi connectivity index (χ0n) is 10.5. The predicted molar refractivity (Wildman–Crippen MR) is 66.9 cm³/mol. The minimum Gasteiger partial charge on any atom is -0.493 e. The van der Waals surface area contributed by atoms with E-state index in [1.165, 1.54) is 26.4 Å². The molecule has 0 fully saturated rings. The van der Waals surface area contributed by atoms with Crippen molar-refractivity contribution in [3.05, 3.63) is 22.2 Å². The summed E-state index contributed by atoms with van der Waals surface area (Å²) in [6.45, 7) is 0.0751. The van der Waals surface area contributed by atoms with Crippen molar-refractivity contribution < 1.29 is 24.3 Å². The molecular formula is C11H14N2O6. The fourth-order valence-electron chi connectivity index (χ4n) is 1.47. The molecule has 0 atom stereocenters. The van der Waals surface area contributed by atoms with Crippen LogP contribution in [-0.2, 0) is 4.79 Å². The molecule has 8 nitrogen and oxygen atoms in total. The second-order valence-electron chi connectivity index (χ2n) is 3.55. The van der Waals surface area contributed by atoms with Gasteiger partial charge in [0, 0.05) is 12.6 Å². The van der Waals surface area contributed by atoms with Crippen molar-refractivity contribution in [2.24, 2.45) is 0 Å². The van der Waals surface area contributed by atoms with E-state index in [2.05, 4.69) is 5.32 Å². The number of rotatable bonds is 7. The van der Waals surface area contributed by atoms with E-state index in [0.717, 1.165) is 0 Å². The first-order valence-electron chi connectivity index (χ1n) is 5.35. The molecule has 1 aromatic carbocycles. The molecule has 1 aromatic rings. The zero-order valence-corrected chi connectivity index (χ0v) is 10.5. The number of methoxy groups -OCH3 is 2. The van der Waals surface area contributed by atoms with Crippen LogP contribution in [0.3, 0.4) is 0 Å². The third-order valence-corrected chi connectivity index (χ3v) is 2.35. The number of nitrogens with zero attached hydrogens (tertiary/aromatic N) is 1. The number of hydrogen-bond acceptors (Lipinski definition) is 6. The van der Waals surface area contributed by atoms with Crippen LogP contribution in [0.15, 0.2) is 12.1 Å². The van der Waals surface area contributed by atoms with Crippen molar-refractivity contribution in [2.75, 3.05) is 26.1 Å². The first kappa shape index (κ1) is 14.6. The average molecular weight is 270 g/mol. The fraction of sp³-hybridized carbons (Fsp3) is 0.364. The van der Waals surface area contributed by atoms with E-state index in [0.29, 0.717) is 5.75 Å². The highest BCUT2D eigenvalue weighted by molar-refractivity contribution is 5.70. The lowest BCUT2D eigenvalue weighted by Gasteiger charge is -2.11. The van der Waals surface area contributed by atoms with Gasteiger partial charge in [0.15, 0.2) is 11.5 Å². The predicted octanol–water partition coefficient (Wildman–Crippen LogP) is 1.50. The van der Waals surface area contributed by atoms with Crippen LogP contribution in [0.25, 0.3) is 0 Å². The lowest BCUT2D eigenvalue weighted by Crippen LogP contribution is -2.09. The summed E-state index contributed by atoms with van der Waals surface area (Å²) >= 11 is 0. The molecule has 104 valence electrons. The number of anilines is 1. The van der Waals surface area contributed by atoms with Crippen molar-refractivity contribution >= 4 is 17.3 Å². The third kappa shape index (κ3) is 3.73. The summed E-state index contributed by atoms with van der Waals surface area (Å²) in [7, 11) is 2.78. The van der Waals surface area contributed by atoms with Gasteiger partial charge in [-0.2, -0.15) is 0 Å². The van der Waals surface area contributed by atoms with E-state index in [1.54, 1.807) is 0 Å². The van der Waals surface area contributed by atoms with E-state index in [1.807, 2.05) is 0 Å². The normalized spacial score (nSPS) is 9.79. The highest BCUT2D eigenvalue weighted by Crippen LogP contribution is 2.37. The molecule has 0 bridgehead atoms. The summed E-state index contributed by atoms with van der Waals surface area (Å²) in [5.41, 5.74) is -0.0214. The molecule has 0 saturated heterocycles. The smallest absolute Gasteiger partial charge is 0.305 e. The maximum absolute atomic E-state index is 10.9. The van der Waals surface area contributed by atoms with Gasteiger partial charge in [-0.05, 0) is 0 Å². The molecule has 0 heterocycles. The molecule has 2 N–H and O–H groups in total. The molecule has 0 aliphatic rings. The molecule has 0 spiro atoms. The lowest BCUT2D eigenvalue weighted by molar-refractivity contribution is -0.384. The van der Waals surface area contributed by atoms with Gasteiger partial charge >= 0.3 is 5.97 Å².